The maximum Gasteiger partial charge on any atom is 0.250 e. The summed E-state index contributed by atoms with van der Waals surface area (Å²) in [6, 6.07) is 12.6. The van der Waals surface area contributed by atoms with Crippen molar-refractivity contribution in [2.24, 2.45) is 0 Å². The number of carbonyl (C=O) groups is 2. The Balaban J connectivity index is 1.55. The third-order valence-corrected chi connectivity index (χ3v) is 4.24. The van der Waals surface area contributed by atoms with Crippen molar-refractivity contribution in [3.8, 4) is 0 Å². The number of rotatable bonds is 6. The zero-order chi connectivity index (χ0) is 17.6. The fourth-order valence-corrected chi connectivity index (χ4v) is 2.93. The van der Waals surface area contributed by atoms with Crippen LogP contribution in [-0.2, 0) is 29.2 Å². The Hall–Kier alpha value is -2.89. The van der Waals surface area contributed by atoms with E-state index in [0.29, 0.717) is 19.5 Å². The molecule has 2 amide bonds. The second-order valence-electron chi connectivity index (χ2n) is 6.18. The lowest BCUT2D eigenvalue weighted by molar-refractivity contribution is -0.128. The first-order valence-corrected chi connectivity index (χ1v) is 8.39. The minimum Gasteiger partial charge on any atom is -0.350 e. The average Bonchev–Trinajstić information content (AvgIpc) is 3.00. The average molecular weight is 339 g/mol. The highest BCUT2D eigenvalue weighted by atomic mass is 16.2. The van der Waals surface area contributed by atoms with Gasteiger partial charge < -0.3 is 14.8 Å². The summed E-state index contributed by atoms with van der Waals surface area (Å²) in [5.74, 6) is -0.0135. The second kappa shape index (κ2) is 7.79. The zero-order valence-electron chi connectivity index (χ0n) is 14.0. The molecule has 25 heavy (non-hydrogen) atoms. The van der Waals surface area contributed by atoms with Gasteiger partial charge in [-0.05, 0) is 23.6 Å². The van der Waals surface area contributed by atoms with Gasteiger partial charge >= 0.3 is 0 Å². The first-order chi connectivity index (χ1) is 12.1. The van der Waals surface area contributed by atoms with Crippen LogP contribution in [0.4, 0.5) is 0 Å². The normalized spacial score (nSPS) is 13.9. The van der Waals surface area contributed by atoms with E-state index in [0.717, 1.165) is 24.1 Å². The molecule has 1 aromatic carbocycles. The third kappa shape index (κ3) is 4.56. The number of pyridine rings is 1. The minimum atomic E-state index is -0.214. The first-order valence-electron chi connectivity index (χ1n) is 8.39. The van der Waals surface area contributed by atoms with Crippen LogP contribution in [0.25, 0.3) is 0 Å². The van der Waals surface area contributed by atoms with Gasteiger partial charge in [-0.15, -0.1) is 0 Å². The van der Waals surface area contributed by atoms with Gasteiger partial charge in [0.1, 0.15) is 6.54 Å². The van der Waals surface area contributed by atoms with Crippen LogP contribution >= 0.6 is 0 Å². The van der Waals surface area contributed by atoms with Gasteiger partial charge in [0.15, 0.2) is 0 Å². The molecule has 130 valence electrons. The summed E-state index contributed by atoms with van der Waals surface area (Å²) in [6.45, 7) is 1.81. The molecule has 2 aromatic rings. The van der Waals surface area contributed by atoms with Crippen LogP contribution in [0.1, 0.15) is 24.0 Å². The smallest absolute Gasteiger partial charge is 0.250 e. The molecular weight excluding hydrogens is 318 g/mol. The Bertz CT molecular complexity index is 828. The molecule has 1 aromatic heterocycles. The Morgan fingerprint density at radius 2 is 1.92 bits per heavy atom. The summed E-state index contributed by atoms with van der Waals surface area (Å²) in [5.41, 5.74) is 1.83. The Kier molecular flexibility index (Phi) is 5.28. The first kappa shape index (κ1) is 17.0. The minimum absolute atomic E-state index is 0.00163. The lowest BCUT2D eigenvalue weighted by Gasteiger charge is -2.16. The Morgan fingerprint density at radius 1 is 1.08 bits per heavy atom. The number of nitrogens with zero attached hydrogens (tertiary/aromatic N) is 2. The molecule has 0 atom stereocenters. The zero-order valence-corrected chi connectivity index (χ0v) is 14.0. The van der Waals surface area contributed by atoms with Crippen molar-refractivity contribution >= 4 is 11.8 Å². The molecule has 0 unspecified atom stereocenters. The van der Waals surface area contributed by atoms with Gasteiger partial charge in [-0.1, -0.05) is 30.3 Å². The molecule has 1 fully saturated rings. The summed E-state index contributed by atoms with van der Waals surface area (Å²) < 4.78 is 1.37. The summed E-state index contributed by atoms with van der Waals surface area (Å²) in [7, 11) is 0. The van der Waals surface area contributed by atoms with Gasteiger partial charge in [-0.25, -0.2) is 0 Å². The highest BCUT2D eigenvalue weighted by Crippen LogP contribution is 2.15. The van der Waals surface area contributed by atoms with Gasteiger partial charge in [0.2, 0.25) is 11.8 Å². The van der Waals surface area contributed by atoms with Gasteiger partial charge in [-0.2, -0.15) is 0 Å². The van der Waals surface area contributed by atoms with E-state index in [1.165, 1.54) is 10.6 Å². The van der Waals surface area contributed by atoms with Crippen molar-refractivity contribution in [3.63, 3.8) is 0 Å². The monoisotopic (exact) mass is 339 g/mol. The van der Waals surface area contributed by atoms with Crippen molar-refractivity contribution in [1.82, 2.24) is 14.8 Å². The Morgan fingerprint density at radius 3 is 2.68 bits per heavy atom. The Labute approximate surface area is 146 Å². The number of amides is 2. The van der Waals surface area contributed by atoms with E-state index in [-0.39, 0.29) is 23.9 Å². The number of nitrogens with one attached hydrogen (secondary N) is 1. The van der Waals surface area contributed by atoms with Gasteiger partial charge in [-0.3, -0.25) is 14.4 Å². The van der Waals surface area contributed by atoms with Crippen molar-refractivity contribution < 1.29 is 9.59 Å². The van der Waals surface area contributed by atoms with Crippen LogP contribution in [0.2, 0.25) is 0 Å². The molecule has 1 aliphatic rings. The number of hydrogen-bond acceptors (Lipinski definition) is 3. The van der Waals surface area contributed by atoms with E-state index in [1.54, 1.807) is 18.3 Å². The van der Waals surface area contributed by atoms with Crippen molar-refractivity contribution in [3.05, 3.63) is 70.1 Å². The van der Waals surface area contributed by atoms with Crippen molar-refractivity contribution in [2.75, 3.05) is 6.54 Å². The number of carbonyl (C=O) groups excluding carboxylic acids is 2. The quantitative estimate of drug-likeness (QED) is 0.862. The summed E-state index contributed by atoms with van der Waals surface area (Å²) in [4.78, 5) is 37.2. The topological polar surface area (TPSA) is 71.4 Å². The number of hydrogen-bond donors (Lipinski definition) is 1. The lowest BCUT2D eigenvalue weighted by atomic mass is 10.1. The summed E-state index contributed by atoms with van der Waals surface area (Å²) in [6.07, 6.45) is 3.15. The van der Waals surface area contributed by atoms with E-state index in [4.69, 9.17) is 0 Å². The van der Waals surface area contributed by atoms with Gasteiger partial charge in [0.25, 0.3) is 5.56 Å². The molecule has 0 radical (unpaired) electrons. The molecule has 1 saturated heterocycles. The molecule has 2 heterocycles. The summed E-state index contributed by atoms with van der Waals surface area (Å²) in [5, 5.41) is 2.83. The van der Waals surface area contributed by atoms with E-state index in [2.05, 4.69) is 5.32 Å². The molecular formula is C19H21N3O3. The third-order valence-electron chi connectivity index (χ3n) is 4.24. The predicted octanol–water partition coefficient (Wildman–Crippen LogP) is 1.29. The van der Waals surface area contributed by atoms with Crippen LogP contribution in [0.5, 0.6) is 0 Å². The number of aromatic nitrogens is 1. The molecule has 1 N–H and O–H groups in total. The van der Waals surface area contributed by atoms with Crippen LogP contribution in [0, 0.1) is 0 Å². The van der Waals surface area contributed by atoms with Gasteiger partial charge in [0, 0.05) is 38.3 Å². The highest BCUT2D eigenvalue weighted by Gasteiger charge is 2.19. The van der Waals surface area contributed by atoms with Crippen LogP contribution < -0.4 is 10.9 Å². The highest BCUT2D eigenvalue weighted by molar-refractivity contribution is 5.78. The molecule has 0 aliphatic carbocycles. The second-order valence-corrected chi connectivity index (χ2v) is 6.18. The molecule has 1 aliphatic heterocycles. The predicted molar refractivity (Wildman–Crippen MR) is 93.6 cm³/mol. The van der Waals surface area contributed by atoms with Crippen LogP contribution in [0.3, 0.4) is 0 Å². The maximum absolute atomic E-state index is 12.0. The van der Waals surface area contributed by atoms with Crippen LogP contribution in [-0.4, -0.2) is 27.8 Å². The van der Waals surface area contributed by atoms with Crippen LogP contribution in [0.15, 0.2) is 53.5 Å². The molecule has 3 rings (SSSR count). The standard InChI is InChI=1S/C19H21N3O3/c23-17(14-22-9-2-1-7-18(22)24)20-12-15-5-3-6-16(11-15)13-21-10-4-8-19(21)25/h1-3,5-7,9,11H,4,8,10,12-14H2,(H,20,23). The fraction of sp³-hybridized carbons (Fsp3) is 0.316. The number of likely N-dealkylation sites (tertiary alicyclic amines) is 1. The fourth-order valence-electron chi connectivity index (χ4n) is 2.93. The molecule has 0 spiro atoms. The van der Waals surface area contributed by atoms with Crippen molar-refractivity contribution in [1.29, 1.82) is 0 Å². The maximum atomic E-state index is 12.0. The molecule has 6 nitrogen and oxygen atoms in total. The lowest BCUT2D eigenvalue weighted by Crippen LogP contribution is -2.31. The molecule has 6 heteroatoms. The number of benzene rings is 1. The van der Waals surface area contributed by atoms with Gasteiger partial charge in [0.05, 0.1) is 0 Å². The van der Waals surface area contributed by atoms with E-state index in [9.17, 15) is 14.4 Å². The largest absolute Gasteiger partial charge is 0.350 e. The summed E-state index contributed by atoms with van der Waals surface area (Å²) >= 11 is 0. The van der Waals surface area contributed by atoms with E-state index >= 15 is 0 Å². The molecule has 0 bridgehead atoms. The SMILES string of the molecule is O=C(Cn1ccccc1=O)NCc1cccc(CN2CCCC2=O)c1. The van der Waals surface area contributed by atoms with E-state index in [1.807, 2.05) is 29.2 Å². The van der Waals surface area contributed by atoms with Crippen molar-refractivity contribution in [2.45, 2.75) is 32.5 Å². The molecule has 0 saturated carbocycles. The van der Waals surface area contributed by atoms with E-state index < -0.39 is 0 Å².